The van der Waals surface area contributed by atoms with Crippen molar-refractivity contribution in [1.29, 1.82) is 0 Å². The number of hydrogen-bond donors (Lipinski definition) is 0. The van der Waals surface area contributed by atoms with Crippen LogP contribution in [-0.4, -0.2) is 58.6 Å². The van der Waals surface area contributed by atoms with Gasteiger partial charge in [-0.15, -0.1) is 0 Å². The van der Waals surface area contributed by atoms with Gasteiger partial charge in [0.2, 0.25) is 17.8 Å². The van der Waals surface area contributed by atoms with Crippen molar-refractivity contribution >= 4 is 117 Å². The standard InChI is InChI=1S/3C45H31N5/c1-4-18-32(19-5-1)43-46-44(48-45(47-43)50-41-30-16-13-26-37(41)38-27-14-17-31-42(38)50)39-28-11-10-24-35(39)36-25-12-15-29-40(36)49(33-20-6-2-7-21-33)34-22-8-3-9-23-34;1-4-17-32(18-5-1)43-46-44(48-45(47-43)50-41-29-14-12-26-38(41)39-27-13-15-30-42(39)50)40-28-11-10-25-37(40)33-19-16-24-36(31-33)49(34-20-6-2-7-21-34)35-22-8-3-9-23-35;1-4-16-33(17-5-1)43-46-44(48-45(47-43)50-41-26-14-12-23-38(41)39-24-13-15-27-42(39)50)40-25-11-10-22-37(40)32-28-30-36(31-29-32)49(34-18-6-2-7-19-34)35-20-8-3-9-21-35/h3*1-31H. The highest BCUT2D eigenvalue weighted by Crippen LogP contribution is 2.47. The second-order valence-corrected chi connectivity index (χ2v) is 36.3. The van der Waals surface area contributed by atoms with E-state index >= 15 is 0 Å². The van der Waals surface area contributed by atoms with Crippen molar-refractivity contribution in [2.24, 2.45) is 0 Å². The molecule has 15 heteroatoms. The predicted octanol–water partition coefficient (Wildman–Crippen LogP) is 34.3. The smallest absolute Gasteiger partial charge is 0.238 e. The van der Waals surface area contributed by atoms with E-state index in [1.165, 1.54) is 0 Å². The molecule has 0 aliphatic rings. The largest absolute Gasteiger partial charge is 0.311 e. The van der Waals surface area contributed by atoms with Gasteiger partial charge in [0, 0.05) is 117 Å². The van der Waals surface area contributed by atoms with E-state index in [1.54, 1.807) is 0 Å². The number of benzene rings is 21. The van der Waals surface area contributed by atoms with Gasteiger partial charge in [-0.1, -0.05) is 425 Å². The van der Waals surface area contributed by atoms with Crippen LogP contribution >= 0.6 is 0 Å². The zero-order chi connectivity index (χ0) is 99.8. The zero-order valence-corrected chi connectivity index (χ0v) is 81.4. The molecule has 27 aromatic rings. The molecule has 0 unspecified atom stereocenters. The number of rotatable bonds is 21. The SMILES string of the molecule is c1ccc(-c2nc(-c3ccccc3-c3ccc(N(c4ccccc4)c4ccccc4)cc3)nc(-n3c4ccccc4c4ccccc43)n2)cc1.c1ccc(-c2nc(-c3ccccc3-c3cccc(N(c4ccccc4)c4ccccc4)c3)nc(-n3c4ccccc4c4ccccc43)n2)cc1.c1ccc(-c2nc(-c3ccccc3-c3ccccc3N(c3ccccc3)c3ccccc3)nc(-n3c4ccccc4c4ccccc43)n2)cc1. The summed E-state index contributed by atoms with van der Waals surface area (Å²) in [6.07, 6.45) is 0. The van der Waals surface area contributed by atoms with Crippen LogP contribution in [0, 0.1) is 0 Å². The Morgan fingerprint density at radius 3 is 0.660 bits per heavy atom. The molecule has 15 nitrogen and oxygen atoms in total. The lowest BCUT2D eigenvalue weighted by Crippen LogP contribution is -2.11. The topological polar surface area (TPSA) is 141 Å². The molecular weight excluding hydrogens is 1830 g/mol. The zero-order valence-electron chi connectivity index (χ0n) is 81.4. The van der Waals surface area contributed by atoms with E-state index in [4.69, 9.17) is 44.9 Å². The van der Waals surface area contributed by atoms with Crippen LogP contribution in [-0.2, 0) is 0 Å². The van der Waals surface area contributed by atoms with E-state index in [-0.39, 0.29) is 0 Å². The second-order valence-electron chi connectivity index (χ2n) is 36.3. The number of hydrogen-bond acceptors (Lipinski definition) is 12. The summed E-state index contributed by atoms with van der Waals surface area (Å²) >= 11 is 0. The third-order valence-corrected chi connectivity index (χ3v) is 27.2. The summed E-state index contributed by atoms with van der Waals surface area (Å²) in [5.74, 6) is 5.42. The summed E-state index contributed by atoms with van der Waals surface area (Å²) in [5, 5.41) is 6.94. The minimum Gasteiger partial charge on any atom is -0.311 e. The minimum atomic E-state index is 0.574. The highest BCUT2D eigenvalue weighted by atomic mass is 15.2. The molecule has 0 amide bonds. The summed E-state index contributed by atoms with van der Waals surface area (Å²) < 4.78 is 6.47. The molecular formula is C135H93N15. The number of nitrogens with zero attached hydrogens (tertiary/aromatic N) is 15. The van der Waals surface area contributed by atoms with Crippen LogP contribution in [0.2, 0.25) is 0 Å². The highest BCUT2D eigenvalue weighted by molar-refractivity contribution is 6.12. The lowest BCUT2D eigenvalue weighted by Gasteiger charge is -2.28. The number of anilines is 9. The normalized spacial score (nSPS) is 11.2. The van der Waals surface area contributed by atoms with Crippen LogP contribution < -0.4 is 14.7 Å². The lowest BCUT2D eigenvalue weighted by atomic mass is 9.96. The Morgan fingerprint density at radius 2 is 0.340 bits per heavy atom. The van der Waals surface area contributed by atoms with Crippen molar-refractivity contribution in [3.05, 3.63) is 564 Å². The van der Waals surface area contributed by atoms with Crippen molar-refractivity contribution in [2.75, 3.05) is 14.7 Å². The van der Waals surface area contributed by atoms with E-state index in [2.05, 4.69) is 459 Å². The van der Waals surface area contributed by atoms with Crippen LogP contribution in [0.15, 0.2) is 564 Å². The number of aromatic nitrogens is 12. The number of fused-ring (bicyclic) bond motifs is 9. The van der Waals surface area contributed by atoms with Crippen LogP contribution in [0.5, 0.6) is 0 Å². The van der Waals surface area contributed by atoms with Gasteiger partial charge < -0.3 is 14.7 Å². The first-order chi connectivity index (χ1) is 74.5. The van der Waals surface area contributed by atoms with Crippen LogP contribution in [0.4, 0.5) is 51.2 Å². The molecule has 0 atom stereocenters. The molecule has 0 radical (unpaired) electrons. The highest BCUT2D eigenvalue weighted by Gasteiger charge is 2.28. The monoisotopic (exact) mass is 1920 g/mol. The van der Waals surface area contributed by atoms with Gasteiger partial charge in [-0.3, -0.25) is 13.7 Å². The molecule has 6 aromatic heterocycles. The van der Waals surface area contributed by atoms with Crippen molar-refractivity contribution < 1.29 is 0 Å². The van der Waals surface area contributed by atoms with Gasteiger partial charge in [-0.05, 0) is 167 Å². The first kappa shape index (κ1) is 90.7. The molecule has 0 aliphatic heterocycles. The molecule has 0 fully saturated rings. The Labute approximate surface area is 867 Å². The Bertz CT molecular complexity index is 9240. The molecule has 708 valence electrons. The predicted molar refractivity (Wildman–Crippen MR) is 615 cm³/mol. The summed E-state index contributed by atoms with van der Waals surface area (Å²) in [6.45, 7) is 0. The first-order valence-corrected chi connectivity index (χ1v) is 50.2. The van der Waals surface area contributed by atoms with Crippen LogP contribution in [0.25, 0.3) is 185 Å². The Hall–Kier alpha value is -20.6. The summed E-state index contributed by atoms with van der Waals surface area (Å²) in [5.41, 5.74) is 27.9. The third kappa shape index (κ3) is 17.9. The molecule has 0 saturated carbocycles. The first-order valence-electron chi connectivity index (χ1n) is 50.2. The fourth-order valence-electron chi connectivity index (χ4n) is 20.4. The van der Waals surface area contributed by atoms with Crippen molar-refractivity contribution in [2.45, 2.75) is 0 Å². The quantitative estimate of drug-likeness (QED) is 0.0676. The molecule has 6 heterocycles. The van der Waals surface area contributed by atoms with Gasteiger partial charge in [0.1, 0.15) is 0 Å². The second kappa shape index (κ2) is 41.1. The summed E-state index contributed by atoms with van der Waals surface area (Å²) in [6, 6.07) is 195. The molecule has 150 heavy (non-hydrogen) atoms. The van der Waals surface area contributed by atoms with Gasteiger partial charge in [-0.25, -0.2) is 15.0 Å². The Kier molecular flexibility index (Phi) is 24.8. The molecule has 0 bridgehead atoms. The maximum Gasteiger partial charge on any atom is 0.238 e. The summed E-state index contributed by atoms with van der Waals surface area (Å²) in [4.78, 5) is 53.4. The van der Waals surface area contributed by atoms with E-state index in [9.17, 15) is 0 Å². The molecule has 0 N–H and O–H groups in total. The Balaban J connectivity index is 0.000000116. The maximum atomic E-state index is 5.28. The fourth-order valence-corrected chi connectivity index (χ4v) is 20.4. The van der Waals surface area contributed by atoms with Crippen LogP contribution in [0.1, 0.15) is 0 Å². The van der Waals surface area contributed by atoms with Crippen molar-refractivity contribution in [3.63, 3.8) is 0 Å². The molecule has 27 rings (SSSR count). The molecule has 0 aliphatic carbocycles. The van der Waals surface area contributed by atoms with E-state index in [0.29, 0.717) is 52.8 Å². The number of para-hydroxylation sites is 13. The van der Waals surface area contributed by atoms with Gasteiger partial charge in [-0.2, -0.15) is 29.9 Å². The fraction of sp³-hybridized carbons (Fsp3) is 0. The lowest BCUT2D eigenvalue weighted by molar-refractivity contribution is 0.953. The molecule has 0 saturated heterocycles. The molecule has 0 spiro atoms. The van der Waals surface area contributed by atoms with Crippen LogP contribution in [0.3, 0.4) is 0 Å². The summed E-state index contributed by atoms with van der Waals surface area (Å²) in [7, 11) is 0. The van der Waals surface area contributed by atoms with Gasteiger partial charge in [0.25, 0.3) is 0 Å². The van der Waals surface area contributed by atoms with Crippen molar-refractivity contribution in [1.82, 2.24) is 58.6 Å². The molecule has 21 aromatic carbocycles. The average Bonchev–Trinajstić information content (AvgIpc) is 1.58. The van der Waals surface area contributed by atoms with Gasteiger partial charge in [0.05, 0.1) is 38.8 Å². The minimum absolute atomic E-state index is 0.574. The van der Waals surface area contributed by atoms with Crippen molar-refractivity contribution in [3.8, 4) is 120 Å². The maximum absolute atomic E-state index is 5.28. The van der Waals surface area contributed by atoms with Gasteiger partial charge in [0.15, 0.2) is 34.9 Å². The van der Waals surface area contributed by atoms with E-state index in [0.717, 1.165) is 183 Å². The van der Waals surface area contributed by atoms with E-state index in [1.807, 2.05) is 133 Å². The Morgan fingerprint density at radius 1 is 0.127 bits per heavy atom. The average molecular weight is 1930 g/mol. The third-order valence-electron chi connectivity index (χ3n) is 27.2. The van der Waals surface area contributed by atoms with Gasteiger partial charge >= 0.3 is 0 Å². The van der Waals surface area contributed by atoms with E-state index < -0.39 is 0 Å².